The number of hydrogen-bond donors (Lipinski definition) is 1. The Balaban J connectivity index is 4.06. The van der Waals surface area contributed by atoms with E-state index in [9.17, 15) is 9.59 Å². The molecule has 0 rings (SSSR count). The van der Waals surface area contributed by atoms with Crippen LogP contribution in [0, 0.1) is 5.92 Å². The highest BCUT2D eigenvalue weighted by Crippen LogP contribution is 2.18. The maximum atomic E-state index is 11.3. The minimum Gasteiger partial charge on any atom is -0.517 e. The molecule has 0 aliphatic heterocycles. The van der Waals surface area contributed by atoms with Crippen LogP contribution in [0.2, 0.25) is 19.1 Å². The second-order valence-electron chi connectivity index (χ2n) is 5.14. The quantitative estimate of drug-likeness (QED) is 0.563. The first-order chi connectivity index (χ1) is 7.73. The highest BCUT2D eigenvalue weighted by atomic mass is 28.4. The maximum Gasteiger partial charge on any atom is 0.328 e. The lowest BCUT2D eigenvalue weighted by Gasteiger charge is -2.22. The molecule has 0 radical (unpaired) electrons. The fourth-order valence-corrected chi connectivity index (χ4v) is 3.20. The highest BCUT2D eigenvalue weighted by Gasteiger charge is 2.25. The van der Waals surface area contributed by atoms with E-state index in [1.807, 2.05) is 13.1 Å². The van der Waals surface area contributed by atoms with Gasteiger partial charge in [0.2, 0.25) is 8.32 Å². The molecule has 0 aliphatic carbocycles. The lowest BCUT2D eigenvalue weighted by atomic mass is 10.1. The molecule has 17 heavy (non-hydrogen) atoms. The predicted octanol–water partition coefficient (Wildman–Crippen LogP) is 2.81. The first kappa shape index (κ1) is 15.9. The number of carboxylic acids is 1. The molecule has 98 valence electrons. The highest BCUT2D eigenvalue weighted by molar-refractivity contribution is 6.72. The predicted molar refractivity (Wildman–Crippen MR) is 69.2 cm³/mol. The molecule has 0 saturated heterocycles. The van der Waals surface area contributed by atoms with Crippen LogP contribution in [0.25, 0.3) is 0 Å². The molecule has 0 unspecified atom stereocenters. The molecule has 0 aromatic rings. The van der Waals surface area contributed by atoms with Gasteiger partial charge in [0, 0.05) is 12.2 Å². The molecule has 0 aliphatic rings. The van der Waals surface area contributed by atoms with E-state index in [1.165, 1.54) is 0 Å². The van der Waals surface area contributed by atoms with Crippen molar-refractivity contribution in [3.63, 3.8) is 0 Å². The number of carbonyl (C=O) groups is 2. The van der Waals surface area contributed by atoms with Gasteiger partial charge in [-0.3, -0.25) is 0 Å². The Labute approximate surface area is 104 Å². The molecule has 5 heteroatoms. The van der Waals surface area contributed by atoms with E-state index < -0.39 is 20.3 Å². The van der Waals surface area contributed by atoms with Gasteiger partial charge in [0.25, 0.3) is 0 Å². The van der Waals surface area contributed by atoms with Gasteiger partial charge in [-0.05, 0) is 25.1 Å². The summed E-state index contributed by atoms with van der Waals surface area (Å²) in [5.74, 6) is -1.03. The summed E-state index contributed by atoms with van der Waals surface area (Å²) in [6.07, 6.45) is 3.95. The van der Waals surface area contributed by atoms with Crippen molar-refractivity contribution in [2.75, 3.05) is 0 Å². The Bertz CT molecular complexity index is 295. The molecular weight excluding hydrogens is 236 g/mol. The summed E-state index contributed by atoms with van der Waals surface area (Å²) in [5, 5.41) is 8.38. The molecule has 0 aromatic carbocycles. The molecule has 4 nitrogen and oxygen atoms in total. The van der Waals surface area contributed by atoms with Gasteiger partial charge < -0.3 is 9.53 Å². The summed E-state index contributed by atoms with van der Waals surface area (Å²) in [4.78, 5) is 21.6. The standard InChI is InChI=1S/C12H22O4Si/c1-10(2)6-5-9-17(3,4)16-12(15)8-7-11(13)14/h7-8,10H,5-6,9H2,1-4H3,(H,13,14)/b8-7-. The molecule has 0 saturated carbocycles. The molecule has 0 atom stereocenters. The molecule has 0 amide bonds. The summed E-state index contributed by atoms with van der Waals surface area (Å²) >= 11 is 0. The van der Waals surface area contributed by atoms with E-state index >= 15 is 0 Å². The number of carboxylic acid groups (broad SMARTS) is 1. The van der Waals surface area contributed by atoms with Crippen molar-refractivity contribution >= 4 is 20.3 Å². The molecule has 0 spiro atoms. The Hall–Kier alpha value is -1.10. The van der Waals surface area contributed by atoms with Gasteiger partial charge in [0.05, 0.1) is 0 Å². The largest absolute Gasteiger partial charge is 0.517 e. The van der Waals surface area contributed by atoms with Gasteiger partial charge in [0.15, 0.2) is 0 Å². The van der Waals surface area contributed by atoms with E-state index in [1.54, 1.807) is 0 Å². The van der Waals surface area contributed by atoms with Gasteiger partial charge in [-0.1, -0.05) is 26.7 Å². The summed E-state index contributed by atoms with van der Waals surface area (Å²) in [7, 11) is -2.00. The van der Waals surface area contributed by atoms with Crippen LogP contribution < -0.4 is 0 Å². The molecule has 0 fully saturated rings. The monoisotopic (exact) mass is 258 g/mol. The normalized spacial score (nSPS) is 12.1. The minimum atomic E-state index is -2.00. The Morgan fingerprint density at radius 1 is 1.29 bits per heavy atom. The van der Waals surface area contributed by atoms with Crippen molar-refractivity contribution in [1.82, 2.24) is 0 Å². The van der Waals surface area contributed by atoms with Crippen molar-refractivity contribution in [2.24, 2.45) is 5.92 Å². The van der Waals surface area contributed by atoms with E-state index in [4.69, 9.17) is 9.53 Å². The summed E-state index contributed by atoms with van der Waals surface area (Å²) in [5.41, 5.74) is 0. The van der Waals surface area contributed by atoms with Crippen molar-refractivity contribution in [3.05, 3.63) is 12.2 Å². The zero-order valence-corrected chi connectivity index (χ0v) is 12.0. The van der Waals surface area contributed by atoms with Gasteiger partial charge in [-0.15, -0.1) is 0 Å². The number of aliphatic carboxylic acids is 1. The fraction of sp³-hybridized carbons (Fsp3) is 0.667. The number of rotatable bonds is 7. The maximum absolute atomic E-state index is 11.3. The molecular formula is C12H22O4Si. The minimum absolute atomic E-state index is 0.548. The Morgan fingerprint density at radius 2 is 1.88 bits per heavy atom. The lowest BCUT2D eigenvalue weighted by molar-refractivity contribution is -0.133. The van der Waals surface area contributed by atoms with Crippen molar-refractivity contribution < 1.29 is 19.1 Å². The third kappa shape index (κ3) is 9.80. The number of hydrogen-bond acceptors (Lipinski definition) is 3. The second-order valence-corrected chi connectivity index (χ2v) is 9.36. The van der Waals surface area contributed by atoms with Crippen molar-refractivity contribution in [3.8, 4) is 0 Å². The first-order valence-corrected chi connectivity index (χ1v) is 8.98. The lowest BCUT2D eigenvalue weighted by Crippen LogP contribution is -2.32. The van der Waals surface area contributed by atoms with Crippen LogP contribution in [0.5, 0.6) is 0 Å². The molecule has 1 N–H and O–H groups in total. The number of carbonyl (C=O) groups excluding carboxylic acids is 1. The van der Waals surface area contributed by atoms with Crippen LogP contribution in [-0.4, -0.2) is 25.4 Å². The smallest absolute Gasteiger partial charge is 0.328 e. The van der Waals surface area contributed by atoms with Gasteiger partial charge in [-0.2, -0.15) is 0 Å². The SMILES string of the molecule is CC(C)CCC[Si](C)(C)OC(=O)/C=C\C(=O)O. The van der Waals surface area contributed by atoms with Crippen molar-refractivity contribution in [2.45, 2.75) is 45.8 Å². The Morgan fingerprint density at radius 3 is 2.35 bits per heavy atom. The Kier molecular flexibility index (Phi) is 6.80. The first-order valence-electron chi connectivity index (χ1n) is 5.87. The van der Waals surface area contributed by atoms with Crippen LogP contribution in [0.1, 0.15) is 26.7 Å². The zero-order valence-electron chi connectivity index (χ0n) is 11.0. The van der Waals surface area contributed by atoms with Crippen LogP contribution in [-0.2, 0) is 14.0 Å². The van der Waals surface area contributed by atoms with E-state index in [0.717, 1.165) is 31.0 Å². The zero-order chi connectivity index (χ0) is 13.5. The molecule has 0 aromatic heterocycles. The van der Waals surface area contributed by atoms with Crippen molar-refractivity contribution in [1.29, 1.82) is 0 Å². The third-order valence-electron chi connectivity index (χ3n) is 2.30. The van der Waals surface area contributed by atoms with E-state index in [2.05, 4.69) is 13.8 Å². The summed E-state index contributed by atoms with van der Waals surface area (Å²) < 4.78 is 5.32. The van der Waals surface area contributed by atoms with Gasteiger partial charge in [0.1, 0.15) is 0 Å². The van der Waals surface area contributed by atoms with Crippen LogP contribution in [0.4, 0.5) is 0 Å². The molecule has 0 heterocycles. The van der Waals surface area contributed by atoms with E-state index in [0.29, 0.717) is 5.92 Å². The van der Waals surface area contributed by atoms with E-state index in [-0.39, 0.29) is 0 Å². The van der Waals surface area contributed by atoms with Crippen LogP contribution in [0.3, 0.4) is 0 Å². The summed E-state index contributed by atoms with van der Waals surface area (Å²) in [6, 6.07) is 0.915. The van der Waals surface area contributed by atoms with Crippen LogP contribution >= 0.6 is 0 Å². The summed E-state index contributed by atoms with van der Waals surface area (Å²) in [6.45, 7) is 8.27. The fourth-order valence-electron chi connectivity index (χ4n) is 1.43. The molecule has 0 bridgehead atoms. The van der Waals surface area contributed by atoms with Crippen LogP contribution in [0.15, 0.2) is 12.2 Å². The topological polar surface area (TPSA) is 63.6 Å². The van der Waals surface area contributed by atoms with Gasteiger partial charge >= 0.3 is 11.9 Å². The average molecular weight is 258 g/mol. The second kappa shape index (κ2) is 7.27. The van der Waals surface area contributed by atoms with Gasteiger partial charge in [-0.25, -0.2) is 9.59 Å². The third-order valence-corrected chi connectivity index (χ3v) is 4.61. The average Bonchev–Trinajstić information content (AvgIpc) is 2.12.